The molecule has 8 heteroatoms. The Balaban J connectivity index is 1.45. The second-order valence-corrected chi connectivity index (χ2v) is 6.30. The monoisotopic (exact) mass is 387 g/mol. The molecule has 0 spiro atoms. The number of nitrogens with zero attached hydrogens (tertiary/aromatic N) is 1. The van der Waals surface area contributed by atoms with Crippen LogP contribution in [0.15, 0.2) is 42.5 Å². The summed E-state index contributed by atoms with van der Waals surface area (Å²) in [6.07, 6.45) is 0.447. The van der Waals surface area contributed by atoms with Gasteiger partial charge < -0.3 is 15.4 Å². The molecule has 3 rings (SSSR count). The number of urea groups is 1. The van der Waals surface area contributed by atoms with Crippen LogP contribution in [-0.2, 0) is 0 Å². The van der Waals surface area contributed by atoms with E-state index in [-0.39, 0.29) is 18.4 Å². The predicted molar refractivity (Wildman–Crippen MR) is 101 cm³/mol. The van der Waals surface area contributed by atoms with Gasteiger partial charge in [-0.25, -0.2) is 4.79 Å². The number of methoxy groups -OCH3 is 1. The van der Waals surface area contributed by atoms with Crippen molar-refractivity contribution in [3.8, 4) is 5.75 Å². The lowest BCUT2D eigenvalue weighted by Gasteiger charge is -2.14. The fourth-order valence-electron chi connectivity index (χ4n) is 2.80. The van der Waals surface area contributed by atoms with Gasteiger partial charge >= 0.3 is 6.03 Å². The summed E-state index contributed by atoms with van der Waals surface area (Å²) in [5.41, 5.74) is 1.37. The molecule has 0 aliphatic carbocycles. The lowest BCUT2D eigenvalue weighted by Crippen LogP contribution is -2.35. The van der Waals surface area contributed by atoms with Crippen LogP contribution in [0.25, 0.3) is 0 Å². The smallest absolute Gasteiger partial charge is 0.319 e. The average Bonchev–Trinajstić information content (AvgIpc) is 2.90. The molecule has 4 amide bonds. The number of rotatable bonds is 6. The van der Waals surface area contributed by atoms with Crippen LogP contribution in [0.5, 0.6) is 5.75 Å². The number of ether oxygens (including phenoxy) is 1. The molecule has 140 valence electrons. The summed E-state index contributed by atoms with van der Waals surface area (Å²) in [6.45, 7) is 0.546. The first-order valence-electron chi connectivity index (χ1n) is 8.35. The number of halogens is 1. The van der Waals surface area contributed by atoms with Crippen LogP contribution < -0.4 is 15.4 Å². The van der Waals surface area contributed by atoms with Gasteiger partial charge in [0.05, 0.1) is 23.3 Å². The topological polar surface area (TPSA) is 87.7 Å². The maximum atomic E-state index is 12.2. The van der Waals surface area contributed by atoms with Gasteiger partial charge in [-0.2, -0.15) is 0 Å². The Kier molecular flexibility index (Phi) is 5.61. The highest BCUT2D eigenvalue weighted by Crippen LogP contribution is 2.27. The van der Waals surface area contributed by atoms with Crippen LogP contribution in [0.1, 0.15) is 27.1 Å². The first kappa shape index (κ1) is 18.7. The van der Waals surface area contributed by atoms with Crippen molar-refractivity contribution in [2.75, 3.05) is 25.5 Å². The third-order valence-corrected chi connectivity index (χ3v) is 4.43. The van der Waals surface area contributed by atoms with E-state index in [1.165, 1.54) is 12.0 Å². The van der Waals surface area contributed by atoms with Crippen LogP contribution in [0.2, 0.25) is 5.02 Å². The molecule has 0 atom stereocenters. The largest absolute Gasteiger partial charge is 0.495 e. The van der Waals surface area contributed by atoms with Crippen LogP contribution in [0, 0.1) is 0 Å². The van der Waals surface area contributed by atoms with Crippen molar-refractivity contribution in [3.63, 3.8) is 0 Å². The van der Waals surface area contributed by atoms with Crippen molar-refractivity contribution >= 4 is 35.1 Å². The van der Waals surface area contributed by atoms with Crippen molar-refractivity contribution in [2.45, 2.75) is 6.42 Å². The SMILES string of the molecule is COc1ccc(NC(=O)NCCCN2C(=O)c3ccccc3C2=O)cc1Cl. The van der Waals surface area contributed by atoms with Crippen LogP contribution in [0.3, 0.4) is 0 Å². The van der Waals surface area contributed by atoms with E-state index >= 15 is 0 Å². The molecule has 1 heterocycles. The Labute approximate surface area is 161 Å². The molecule has 0 unspecified atom stereocenters. The fourth-order valence-corrected chi connectivity index (χ4v) is 3.06. The zero-order valence-corrected chi connectivity index (χ0v) is 15.4. The van der Waals surface area contributed by atoms with E-state index in [9.17, 15) is 14.4 Å². The van der Waals surface area contributed by atoms with E-state index in [0.29, 0.717) is 40.6 Å². The Morgan fingerprint density at radius 3 is 2.37 bits per heavy atom. The van der Waals surface area contributed by atoms with Gasteiger partial charge in [-0.3, -0.25) is 14.5 Å². The molecule has 1 aliphatic heterocycles. The number of benzene rings is 2. The fraction of sp³-hybridized carbons (Fsp3) is 0.211. The van der Waals surface area contributed by atoms with Crippen LogP contribution >= 0.6 is 11.6 Å². The summed E-state index contributed by atoms with van der Waals surface area (Å²) in [7, 11) is 1.51. The average molecular weight is 388 g/mol. The Hall–Kier alpha value is -3.06. The first-order valence-corrected chi connectivity index (χ1v) is 8.72. The number of fused-ring (bicyclic) bond motifs is 1. The summed E-state index contributed by atoms with van der Waals surface area (Å²) in [4.78, 5) is 37.6. The Morgan fingerprint density at radius 1 is 1.11 bits per heavy atom. The number of nitrogens with one attached hydrogen (secondary N) is 2. The normalized spacial score (nSPS) is 12.7. The summed E-state index contributed by atoms with van der Waals surface area (Å²) >= 11 is 6.01. The van der Waals surface area contributed by atoms with Crippen molar-refractivity contribution in [3.05, 3.63) is 58.6 Å². The highest BCUT2D eigenvalue weighted by atomic mass is 35.5. The van der Waals surface area contributed by atoms with Crippen molar-refractivity contribution in [1.82, 2.24) is 10.2 Å². The standard InChI is InChI=1S/C19H18ClN3O4/c1-27-16-8-7-12(11-15(16)20)22-19(26)21-9-4-10-23-17(24)13-5-2-3-6-14(13)18(23)25/h2-3,5-8,11H,4,9-10H2,1H3,(H2,21,22,26). The van der Waals surface area contributed by atoms with Crippen LogP contribution in [0.4, 0.5) is 10.5 Å². The van der Waals surface area contributed by atoms with Crippen molar-refractivity contribution in [1.29, 1.82) is 0 Å². The quantitative estimate of drug-likeness (QED) is 0.588. The van der Waals surface area contributed by atoms with Crippen molar-refractivity contribution in [2.24, 2.45) is 0 Å². The molecule has 0 fully saturated rings. The molecule has 27 heavy (non-hydrogen) atoms. The van der Waals surface area contributed by atoms with E-state index in [0.717, 1.165) is 0 Å². The van der Waals surface area contributed by atoms with E-state index in [2.05, 4.69) is 10.6 Å². The van der Waals surface area contributed by atoms with E-state index in [4.69, 9.17) is 16.3 Å². The number of carbonyl (C=O) groups is 3. The molecule has 2 aromatic carbocycles. The molecule has 7 nitrogen and oxygen atoms in total. The molecule has 2 aromatic rings. The first-order chi connectivity index (χ1) is 13.0. The molecule has 0 saturated heterocycles. The molecule has 0 saturated carbocycles. The van der Waals surface area contributed by atoms with Gasteiger partial charge in [0.15, 0.2) is 0 Å². The summed E-state index contributed by atoms with van der Waals surface area (Å²) in [5.74, 6) is -0.0792. The van der Waals surface area contributed by atoms with Gasteiger partial charge in [0.1, 0.15) is 5.75 Å². The zero-order chi connectivity index (χ0) is 19.4. The van der Waals surface area contributed by atoms with Gasteiger partial charge in [-0.05, 0) is 36.8 Å². The molecule has 2 N–H and O–H groups in total. The minimum Gasteiger partial charge on any atom is -0.495 e. The third-order valence-electron chi connectivity index (χ3n) is 4.13. The number of amides is 4. The number of anilines is 1. The number of carbonyl (C=O) groups excluding carboxylic acids is 3. The molecule has 1 aliphatic rings. The highest BCUT2D eigenvalue weighted by molar-refractivity contribution is 6.32. The maximum absolute atomic E-state index is 12.2. The lowest BCUT2D eigenvalue weighted by molar-refractivity contribution is 0.0653. The van der Waals surface area contributed by atoms with Crippen LogP contribution in [-0.4, -0.2) is 42.9 Å². The second kappa shape index (κ2) is 8.09. The second-order valence-electron chi connectivity index (χ2n) is 5.89. The number of hydrogen-bond donors (Lipinski definition) is 2. The van der Waals surface area contributed by atoms with Gasteiger partial charge in [0.2, 0.25) is 0 Å². The zero-order valence-electron chi connectivity index (χ0n) is 14.6. The highest BCUT2D eigenvalue weighted by Gasteiger charge is 2.34. The molecular formula is C19H18ClN3O4. The molecule has 0 aromatic heterocycles. The molecule has 0 bridgehead atoms. The van der Waals surface area contributed by atoms with Gasteiger partial charge in [0.25, 0.3) is 11.8 Å². The van der Waals surface area contributed by atoms with Crippen molar-refractivity contribution < 1.29 is 19.1 Å². The van der Waals surface area contributed by atoms with Gasteiger partial charge in [0, 0.05) is 18.8 Å². The van der Waals surface area contributed by atoms with E-state index in [1.54, 1.807) is 42.5 Å². The minimum atomic E-state index is -0.404. The Morgan fingerprint density at radius 2 is 1.78 bits per heavy atom. The number of hydrogen-bond acceptors (Lipinski definition) is 4. The lowest BCUT2D eigenvalue weighted by atomic mass is 10.1. The maximum Gasteiger partial charge on any atom is 0.319 e. The summed E-state index contributed by atoms with van der Waals surface area (Å²) < 4.78 is 5.05. The van der Waals surface area contributed by atoms with Gasteiger partial charge in [-0.1, -0.05) is 23.7 Å². The number of imide groups is 1. The van der Waals surface area contributed by atoms with E-state index < -0.39 is 6.03 Å². The minimum absolute atomic E-state index is 0.237. The Bertz CT molecular complexity index is 865. The predicted octanol–water partition coefficient (Wildman–Crippen LogP) is 3.16. The van der Waals surface area contributed by atoms with E-state index in [1.807, 2.05) is 0 Å². The third kappa shape index (κ3) is 4.03. The summed E-state index contributed by atoms with van der Waals surface area (Å²) in [6, 6.07) is 11.2. The molecular weight excluding hydrogens is 370 g/mol. The van der Waals surface area contributed by atoms with Gasteiger partial charge in [-0.15, -0.1) is 0 Å². The summed E-state index contributed by atoms with van der Waals surface area (Å²) in [5, 5.41) is 5.73. The molecule has 0 radical (unpaired) electrons.